The molecule has 0 N–H and O–H groups in total. The van der Waals surface area contributed by atoms with Crippen LogP contribution in [0.4, 0.5) is 11.5 Å². The van der Waals surface area contributed by atoms with E-state index < -0.39 is 0 Å². The van der Waals surface area contributed by atoms with E-state index in [2.05, 4.69) is 25.9 Å². The number of carbonyl (C=O) groups is 1. The first-order valence-electron chi connectivity index (χ1n) is 9.38. The Bertz CT molecular complexity index is 1010. The van der Waals surface area contributed by atoms with E-state index >= 15 is 0 Å². The van der Waals surface area contributed by atoms with Crippen LogP contribution in [-0.4, -0.2) is 56.6 Å². The maximum atomic E-state index is 13.0. The van der Waals surface area contributed by atoms with E-state index in [1.807, 2.05) is 36.0 Å². The van der Waals surface area contributed by atoms with Gasteiger partial charge in [-0.05, 0) is 18.1 Å². The first-order chi connectivity index (χ1) is 13.8. The van der Waals surface area contributed by atoms with E-state index in [-0.39, 0.29) is 5.91 Å². The van der Waals surface area contributed by atoms with Gasteiger partial charge in [-0.15, -0.1) is 0 Å². The van der Waals surface area contributed by atoms with Gasteiger partial charge >= 0.3 is 0 Å². The van der Waals surface area contributed by atoms with Gasteiger partial charge < -0.3 is 9.80 Å². The molecule has 3 aromatic rings. The van der Waals surface area contributed by atoms with Crippen LogP contribution in [0.5, 0.6) is 0 Å². The highest BCUT2D eigenvalue weighted by atomic mass is 32.2. The molecule has 7 nitrogen and oxygen atoms in total. The van der Waals surface area contributed by atoms with Crippen molar-refractivity contribution < 1.29 is 4.79 Å². The molecular weight excluding hydrogens is 372 g/mol. The van der Waals surface area contributed by atoms with Crippen LogP contribution in [0.1, 0.15) is 16.1 Å². The number of thioether (sulfide) groups is 1. The number of carbonyl (C=O) groups excluding carboxylic acids is 1. The maximum absolute atomic E-state index is 13.0. The first kappa shape index (κ1) is 17.2. The number of rotatable bonds is 3. The Morgan fingerprint density at radius 2 is 1.82 bits per heavy atom. The van der Waals surface area contributed by atoms with Gasteiger partial charge in [0.2, 0.25) is 0 Å². The standard InChI is InChI=1S/C20H20N6OS/c27-20(26-6-5-15-3-1-2-4-17(15)26)16-12-25(14-23-16)19-11-18(21-13-22-19)24-7-9-28-10-8-24/h1-4,11-14H,5-10H2. The van der Waals surface area contributed by atoms with E-state index in [1.54, 1.807) is 28.3 Å². The van der Waals surface area contributed by atoms with E-state index in [0.29, 0.717) is 12.2 Å². The number of para-hydroxylation sites is 1. The molecule has 2 aliphatic rings. The van der Waals surface area contributed by atoms with Crippen molar-refractivity contribution in [3.8, 4) is 5.82 Å². The highest BCUT2D eigenvalue weighted by molar-refractivity contribution is 7.99. The summed E-state index contributed by atoms with van der Waals surface area (Å²) in [6.45, 7) is 2.67. The Hall–Kier alpha value is -2.87. The number of anilines is 2. The van der Waals surface area contributed by atoms with Crippen molar-refractivity contribution in [3.63, 3.8) is 0 Å². The number of hydrogen-bond donors (Lipinski definition) is 0. The van der Waals surface area contributed by atoms with E-state index in [9.17, 15) is 4.79 Å². The molecule has 0 aliphatic carbocycles. The highest BCUT2D eigenvalue weighted by Crippen LogP contribution is 2.28. The fourth-order valence-electron chi connectivity index (χ4n) is 3.69. The third-order valence-corrected chi connectivity index (χ3v) is 6.11. The predicted molar refractivity (Wildman–Crippen MR) is 111 cm³/mol. The molecule has 2 aromatic heterocycles. The molecule has 1 aromatic carbocycles. The molecule has 142 valence electrons. The Balaban J connectivity index is 1.39. The van der Waals surface area contributed by atoms with Crippen molar-refractivity contribution in [3.05, 3.63) is 60.4 Å². The topological polar surface area (TPSA) is 67.2 Å². The molecule has 4 heterocycles. The Kier molecular flexibility index (Phi) is 4.48. The zero-order chi connectivity index (χ0) is 18.9. The molecule has 5 rings (SSSR count). The van der Waals surface area contributed by atoms with Gasteiger partial charge in [0.1, 0.15) is 30.0 Å². The minimum Gasteiger partial charge on any atom is -0.355 e. The minimum atomic E-state index is -0.0777. The number of benzene rings is 1. The fraction of sp³-hybridized carbons (Fsp3) is 0.300. The quantitative estimate of drug-likeness (QED) is 0.682. The summed E-state index contributed by atoms with van der Waals surface area (Å²) in [5, 5.41) is 0. The monoisotopic (exact) mass is 392 g/mol. The zero-order valence-electron chi connectivity index (χ0n) is 15.4. The van der Waals surface area contributed by atoms with Crippen LogP contribution < -0.4 is 9.80 Å². The molecule has 2 aliphatic heterocycles. The summed E-state index contributed by atoms with van der Waals surface area (Å²) < 4.78 is 1.79. The Morgan fingerprint density at radius 1 is 1.00 bits per heavy atom. The van der Waals surface area contributed by atoms with Crippen LogP contribution >= 0.6 is 11.8 Å². The summed E-state index contributed by atoms with van der Waals surface area (Å²) in [5.74, 6) is 3.78. The van der Waals surface area contributed by atoms with Crippen LogP contribution in [0.25, 0.3) is 5.82 Å². The molecular formula is C20H20N6OS. The summed E-state index contributed by atoms with van der Waals surface area (Å²) in [4.78, 5) is 30.2. The summed E-state index contributed by atoms with van der Waals surface area (Å²) in [6, 6.07) is 9.99. The largest absolute Gasteiger partial charge is 0.355 e. The lowest BCUT2D eigenvalue weighted by Gasteiger charge is -2.27. The highest BCUT2D eigenvalue weighted by Gasteiger charge is 2.26. The average Bonchev–Trinajstić information content (AvgIpc) is 3.42. The number of imidazole rings is 1. The van der Waals surface area contributed by atoms with Gasteiger partial charge in [-0.25, -0.2) is 15.0 Å². The van der Waals surface area contributed by atoms with Gasteiger partial charge in [0.25, 0.3) is 5.91 Å². The van der Waals surface area contributed by atoms with E-state index in [1.165, 1.54) is 5.56 Å². The van der Waals surface area contributed by atoms with Crippen LogP contribution in [0.15, 0.2) is 49.2 Å². The smallest absolute Gasteiger partial charge is 0.278 e. The molecule has 0 spiro atoms. The van der Waals surface area contributed by atoms with Crippen molar-refractivity contribution in [2.24, 2.45) is 0 Å². The second kappa shape index (κ2) is 7.27. The van der Waals surface area contributed by atoms with Crippen molar-refractivity contribution in [2.45, 2.75) is 6.42 Å². The number of hydrogen-bond acceptors (Lipinski definition) is 6. The lowest BCUT2D eigenvalue weighted by atomic mass is 10.2. The second-order valence-corrected chi connectivity index (χ2v) is 8.06. The van der Waals surface area contributed by atoms with Crippen molar-refractivity contribution >= 4 is 29.2 Å². The van der Waals surface area contributed by atoms with Gasteiger partial charge in [-0.1, -0.05) is 18.2 Å². The SMILES string of the molecule is O=C(c1cn(-c2cc(N3CCSCC3)ncn2)cn1)N1CCc2ccccc21. The summed E-state index contributed by atoms with van der Waals surface area (Å²) in [5.41, 5.74) is 2.61. The van der Waals surface area contributed by atoms with Crippen LogP contribution in [0.3, 0.4) is 0 Å². The van der Waals surface area contributed by atoms with E-state index in [4.69, 9.17) is 0 Å². The maximum Gasteiger partial charge on any atom is 0.278 e. The van der Waals surface area contributed by atoms with Crippen molar-refractivity contribution in [2.75, 3.05) is 40.9 Å². The van der Waals surface area contributed by atoms with Gasteiger partial charge in [-0.3, -0.25) is 9.36 Å². The van der Waals surface area contributed by atoms with Crippen LogP contribution in [0.2, 0.25) is 0 Å². The average molecular weight is 392 g/mol. The van der Waals surface area contributed by atoms with Gasteiger partial charge in [-0.2, -0.15) is 11.8 Å². The van der Waals surface area contributed by atoms with Gasteiger partial charge in [0, 0.05) is 49.1 Å². The molecule has 0 bridgehead atoms. The molecule has 0 unspecified atom stereocenters. The van der Waals surface area contributed by atoms with Crippen molar-refractivity contribution in [1.82, 2.24) is 19.5 Å². The second-order valence-electron chi connectivity index (χ2n) is 6.84. The van der Waals surface area contributed by atoms with E-state index in [0.717, 1.165) is 48.3 Å². The number of fused-ring (bicyclic) bond motifs is 1. The van der Waals surface area contributed by atoms with Gasteiger partial charge in [0.15, 0.2) is 0 Å². The Labute approximate surface area is 167 Å². The van der Waals surface area contributed by atoms with Crippen molar-refractivity contribution in [1.29, 1.82) is 0 Å². The Morgan fingerprint density at radius 3 is 2.71 bits per heavy atom. The van der Waals surface area contributed by atoms with Crippen LogP contribution in [0, 0.1) is 0 Å². The normalized spacial score (nSPS) is 16.3. The van der Waals surface area contributed by atoms with Gasteiger partial charge in [0.05, 0.1) is 0 Å². The summed E-state index contributed by atoms with van der Waals surface area (Å²) in [7, 11) is 0. The first-order valence-corrected chi connectivity index (χ1v) is 10.5. The predicted octanol–water partition coefficient (Wildman–Crippen LogP) is 2.42. The fourth-order valence-corrected chi connectivity index (χ4v) is 4.59. The molecule has 1 saturated heterocycles. The lowest BCUT2D eigenvalue weighted by molar-refractivity contribution is 0.0985. The summed E-state index contributed by atoms with van der Waals surface area (Å²) >= 11 is 1.97. The number of amides is 1. The molecule has 0 radical (unpaired) electrons. The molecule has 28 heavy (non-hydrogen) atoms. The van der Waals surface area contributed by atoms with Crippen LogP contribution in [-0.2, 0) is 6.42 Å². The third-order valence-electron chi connectivity index (χ3n) is 5.17. The zero-order valence-corrected chi connectivity index (χ0v) is 16.2. The third kappa shape index (κ3) is 3.13. The molecule has 8 heteroatoms. The number of aromatic nitrogens is 4. The molecule has 0 saturated carbocycles. The molecule has 1 amide bonds. The summed E-state index contributed by atoms with van der Waals surface area (Å²) in [6.07, 6.45) is 5.85. The minimum absolute atomic E-state index is 0.0777. The number of nitrogens with zero attached hydrogens (tertiary/aromatic N) is 6. The lowest BCUT2D eigenvalue weighted by Crippen LogP contribution is -2.33. The molecule has 0 atom stereocenters. The molecule has 1 fully saturated rings.